The highest BCUT2D eigenvalue weighted by Crippen LogP contribution is 2.64. The van der Waals surface area contributed by atoms with Gasteiger partial charge in [-0.2, -0.15) is 0 Å². The minimum absolute atomic E-state index is 0.0344. The molecule has 1 aromatic rings. The molecule has 1 amide bonds. The Balaban J connectivity index is 1.72. The fourth-order valence-corrected chi connectivity index (χ4v) is 3.36. The lowest BCUT2D eigenvalue weighted by Crippen LogP contribution is -2.35. The maximum atomic E-state index is 12.4. The first kappa shape index (κ1) is 13.2. The number of fused-ring (bicyclic) bond motifs is 1. The Morgan fingerprint density at radius 1 is 1.47 bits per heavy atom. The summed E-state index contributed by atoms with van der Waals surface area (Å²) in [7, 11) is 1.76. The van der Waals surface area contributed by atoms with E-state index in [9.17, 15) is 4.79 Å². The highest BCUT2D eigenvalue weighted by Gasteiger charge is 2.68. The normalized spacial score (nSPS) is 27.2. The summed E-state index contributed by atoms with van der Waals surface area (Å²) in [5.74, 6) is 1.81. The monoisotopic (exact) mass is 302 g/mol. The molecule has 19 heavy (non-hydrogen) atoms. The van der Waals surface area contributed by atoms with Gasteiger partial charge >= 0.3 is 0 Å². The van der Waals surface area contributed by atoms with E-state index in [1.807, 2.05) is 0 Å². The van der Waals surface area contributed by atoms with Crippen LogP contribution in [0.3, 0.4) is 0 Å². The summed E-state index contributed by atoms with van der Waals surface area (Å²) >= 11 is 12.1. The molecule has 3 rings (SSSR count). The Kier molecular flexibility index (Phi) is 2.84. The van der Waals surface area contributed by atoms with E-state index in [2.05, 4.69) is 14.8 Å². The molecule has 2 heterocycles. The molecule has 2 aliphatic rings. The largest absolute Gasteiger partial charge is 0.338 e. The Hall–Kier alpha value is -0.810. The van der Waals surface area contributed by atoms with E-state index in [4.69, 9.17) is 23.2 Å². The lowest BCUT2D eigenvalue weighted by molar-refractivity contribution is -0.135. The third-order valence-electron chi connectivity index (χ3n) is 4.14. The molecule has 1 aliphatic heterocycles. The first-order chi connectivity index (χ1) is 8.85. The van der Waals surface area contributed by atoms with Crippen LogP contribution in [0.2, 0.25) is 0 Å². The summed E-state index contributed by atoms with van der Waals surface area (Å²) in [5, 5.41) is 8.29. The fraction of sp³-hybridized carbons (Fsp3) is 0.750. The van der Waals surface area contributed by atoms with Crippen LogP contribution in [0.15, 0.2) is 0 Å². The molecular formula is C12H16Cl2N4O. The minimum atomic E-state index is -0.925. The molecule has 1 aliphatic carbocycles. The van der Waals surface area contributed by atoms with Gasteiger partial charge in [-0.1, -0.05) is 0 Å². The van der Waals surface area contributed by atoms with Gasteiger partial charge in [0.2, 0.25) is 5.91 Å². The predicted octanol–water partition coefficient (Wildman–Crippen LogP) is 1.77. The predicted molar refractivity (Wildman–Crippen MR) is 72.0 cm³/mol. The van der Waals surface area contributed by atoms with Crippen LogP contribution in [0, 0.1) is 5.41 Å². The van der Waals surface area contributed by atoms with Crippen molar-refractivity contribution in [3.05, 3.63) is 11.6 Å². The molecule has 1 fully saturated rings. The standard InChI is InChI=1S/C12H16Cl2N4O/c1-11(7-12(11,13)14)10(19)17(2)6-9-16-15-8-4-3-5-18(8)9/h3-7H2,1-2H3/t11-/m0/s1. The molecule has 1 atom stereocenters. The number of alkyl halides is 2. The maximum absolute atomic E-state index is 12.4. The Morgan fingerprint density at radius 2 is 2.16 bits per heavy atom. The molecule has 0 bridgehead atoms. The van der Waals surface area contributed by atoms with Gasteiger partial charge in [0, 0.05) is 20.0 Å². The minimum Gasteiger partial charge on any atom is -0.338 e. The van der Waals surface area contributed by atoms with E-state index in [-0.39, 0.29) is 5.91 Å². The second-order valence-corrected chi connectivity index (χ2v) is 7.15. The topological polar surface area (TPSA) is 51.0 Å². The van der Waals surface area contributed by atoms with E-state index in [0.717, 1.165) is 31.0 Å². The van der Waals surface area contributed by atoms with Gasteiger partial charge in [0.1, 0.15) is 10.2 Å². The van der Waals surface area contributed by atoms with Crippen molar-refractivity contribution in [3.8, 4) is 0 Å². The zero-order valence-electron chi connectivity index (χ0n) is 11.0. The summed E-state index contributed by atoms with van der Waals surface area (Å²) in [6.45, 7) is 3.19. The molecule has 0 N–H and O–H groups in total. The second-order valence-electron chi connectivity index (χ2n) is 5.66. The SMILES string of the molecule is CN(Cc1nnc2n1CCC2)C(=O)[C@]1(C)CC1(Cl)Cl. The van der Waals surface area contributed by atoms with Crippen molar-refractivity contribution >= 4 is 29.1 Å². The van der Waals surface area contributed by atoms with E-state index in [1.54, 1.807) is 18.9 Å². The number of rotatable bonds is 3. The molecule has 0 radical (unpaired) electrons. The molecule has 7 heteroatoms. The van der Waals surface area contributed by atoms with Crippen LogP contribution in [0.1, 0.15) is 31.4 Å². The van der Waals surface area contributed by atoms with Gasteiger partial charge in [0.25, 0.3) is 0 Å². The van der Waals surface area contributed by atoms with Crippen LogP contribution in [-0.4, -0.2) is 37.0 Å². The number of hydrogen-bond donors (Lipinski definition) is 0. The van der Waals surface area contributed by atoms with Gasteiger partial charge in [-0.25, -0.2) is 0 Å². The quantitative estimate of drug-likeness (QED) is 0.800. The van der Waals surface area contributed by atoms with Crippen molar-refractivity contribution in [2.45, 2.75) is 43.6 Å². The van der Waals surface area contributed by atoms with Crippen molar-refractivity contribution in [1.82, 2.24) is 19.7 Å². The number of amides is 1. The first-order valence-electron chi connectivity index (χ1n) is 6.39. The summed E-state index contributed by atoms with van der Waals surface area (Å²) < 4.78 is 1.17. The highest BCUT2D eigenvalue weighted by atomic mass is 35.5. The maximum Gasteiger partial charge on any atom is 0.231 e. The van der Waals surface area contributed by atoms with Crippen molar-refractivity contribution in [3.63, 3.8) is 0 Å². The van der Waals surface area contributed by atoms with Crippen LogP contribution < -0.4 is 0 Å². The summed E-state index contributed by atoms with van der Waals surface area (Å²) in [5.41, 5.74) is -0.668. The lowest BCUT2D eigenvalue weighted by Gasteiger charge is -2.21. The number of carbonyl (C=O) groups is 1. The smallest absolute Gasteiger partial charge is 0.231 e. The van der Waals surface area contributed by atoms with E-state index >= 15 is 0 Å². The Morgan fingerprint density at radius 3 is 2.79 bits per heavy atom. The van der Waals surface area contributed by atoms with Gasteiger partial charge in [0.15, 0.2) is 5.82 Å². The zero-order chi connectivity index (χ0) is 13.8. The van der Waals surface area contributed by atoms with Gasteiger partial charge < -0.3 is 9.47 Å². The number of aryl methyl sites for hydroxylation is 1. The second kappa shape index (κ2) is 4.09. The first-order valence-corrected chi connectivity index (χ1v) is 7.15. The summed E-state index contributed by atoms with van der Waals surface area (Å²) in [4.78, 5) is 14.0. The van der Waals surface area contributed by atoms with Crippen LogP contribution in [0.25, 0.3) is 0 Å². The molecular weight excluding hydrogens is 287 g/mol. The molecule has 0 aromatic carbocycles. The summed E-state index contributed by atoms with van der Waals surface area (Å²) in [6.07, 6.45) is 2.57. The Bertz CT molecular complexity index is 542. The molecule has 0 unspecified atom stereocenters. The van der Waals surface area contributed by atoms with Gasteiger partial charge in [-0.15, -0.1) is 33.4 Å². The molecule has 1 aromatic heterocycles. The lowest BCUT2D eigenvalue weighted by atomic mass is 10.1. The average Bonchev–Trinajstić information content (AvgIpc) is 2.77. The van der Waals surface area contributed by atoms with Gasteiger partial charge in [-0.05, 0) is 19.8 Å². The number of hydrogen-bond acceptors (Lipinski definition) is 3. The number of aromatic nitrogens is 3. The third-order valence-corrected chi connectivity index (χ3v) is 5.24. The van der Waals surface area contributed by atoms with Gasteiger partial charge in [0.05, 0.1) is 12.0 Å². The molecule has 1 saturated carbocycles. The molecule has 0 spiro atoms. The zero-order valence-corrected chi connectivity index (χ0v) is 12.5. The fourth-order valence-electron chi connectivity index (χ4n) is 2.66. The van der Waals surface area contributed by atoms with Crippen LogP contribution >= 0.6 is 23.2 Å². The summed E-state index contributed by atoms with van der Waals surface area (Å²) in [6, 6.07) is 0. The molecule has 104 valence electrons. The van der Waals surface area contributed by atoms with Crippen molar-refractivity contribution in [2.75, 3.05) is 7.05 Å². The van der Waals surface area contributed by atoms with Crippen LogP contribution in [0.4, 0.5) is 0 Å². The van der Waals surface area contributed by atoms with Crippen LogP contribution in [-0.2, 0) is 24.3 Å². The molecule has 0 saturated heterocycles. The van der Waals surface area contributed by atoms with E-state index in [1.165, 1.54) is 0 Å². The highest BCUT2D eigenvalue weighted by molar-refractivity contribution is 6.53. The van der Waals surface area contributed by atoms with Crippen molar-refractivity contribution in [1.29, 1.82) is 0 Å². The van der Waals surface area contributed by atoms with E-state index < -0.39 is 9.75 Å². The number of carbonyl (C=O) groups excluding carboxylic acids is 1. The number of halogens is 2. The number of nitrogens with zero attached hydrogens (tertiary/aromatic N) is 4. The van der Waals surface area contributed by atoms with Crippen LogP contribution in [0.5, 0.6) is 0 Å². The Labute approximate surface area is 121 Å². The molecule has 5 nitrogen and oxygen atoms in total. The van der Waals surface area contributed by atoms with Crippen molar-refractivity contribution < 1.29 is 4.79 Å². The average molecular weight is 303 g/mol. The van der Waals surface area contributed by atoms with Gasteiger partial charge in [-0.3, -0.25) is 4.79 Å². The van der Waals surface area contributed by atoms with E-state index in [0.29, 0.717) is 13.0 Å². The van der Waals surface area contributed by atoms with Crippen molar-refractivity contribution in [2.24, 2.45) is 5.41 Å². The third kappa shape index (κ3) is 1.94.